The number of rotatable bonds is 7. The first-order valence-electron chi connectivity index (χ1n) is 7.07. The second-order valence-electron chi connectivity index (χ2n) is 6.08. The average molecular weight is 292 g/mol. The SMILES string of the molecule is COCCC(C)(C)CNC(C)c1cnc2ccsc2c1. The van der Waals surface area contributed by atoms with Crippen LogP contribution in [0.4, 0.5) is 0 Å². The van der Waals surface area contributed by atoms with Crippen molar-refractivity contribution >= 4 is 21.6 Å². The predicted octanol–water partition coefficient (Wildman–Crippen LogP) is 4.01. The maximum Gasteiger partial charge on any atom is 0.0809 e. The normalized spacial score (nSPS) is 13.8. The molecule has 1 N–H and O–H groups in total. The molecule has 0 saturated heterocycles. The number of hydrogen-bond acceptors (Lipinski definition) is 4. The van der Waals surface area contributed by atoms with Crippen LogP contribution in [0.15, 0.2) is 23.7 Å². The summed E-state index contributed by atoms with van der Waals surface area (Å²) in [5.74, 6) is 0. The molecule has 1 unspecified atom stereocenters. The lowest BCUT2D eigenvalue weighted by atomic mass is 9.89. The molecule has 110 valence electrons. The molecule has 4 heteroatoms. The van der Waals surface area contributed by atoms with E-state index in [1.165, 1.54) is 10.3 Å². The fraction of sp³-hybridized carbons (Fsp3) is 0.562. The lowest BCUT2D eigenvalue weighted by Gasteiger charge is -2.27. The summed E-state index contributed by atoms with van der Waals surface area (Å²) in [6, 6.07) is 4.62. The highest BCUT2D eigenvalue weighted by molar-refractivity contribution is 7.17. The van der Waals surface area contributed by atoms with Gasteiger partial charge in [-0.25, -0.2) is 0 Å². The van der Waals surface area contributed by atoms with E-state index in [-0.39, 0.29) is 5.41 Å². The molecule has 0 radical (unpaired) electrons. The maximum absolute atomic E-state index is 5.17. The van der Waals surface area contributed by atoms with E-state index in [0.29, 0.717) is 6.04 Å². The van der Waals surface area contributed by atoms with Crippen LogP contribution in [-0.2, 0) is 4.74 Å². The zero-order chi connectivity index (χ0) is 14.6. The summed E-state index contributed by atoms with van der Waals surface area (Å²) >= 11 is 1.75. The van der Waals surface area contributed by atoms with Crippen molar-refractivity contribution in [2.75, 3.05) is 20.3 Å². The molecule has 0 aliphatic carbocycles. The van der Waals surface area contributed by atoms with Gasteiger partial charge in [-0.1, -0.05) is 13.8 Å². The van der Waals surface area contributed by atoms with Crippen molar-refractivity contribution in [3.8, 4) is 0 Å². The first kappa shape index (κ1) is 15.4. The van der Waals surface area contributed by atoms with Crippen LogP contribution in [0.2, 0.25) is 0 Å². The number of thiophene rings is 1. The van der Waals surface area contributed by atoms with Crippen LogP contribution >= 0.6 is 11.3 Å². The third kappa shape index (κ3) is 4.01. The monoisotopic (exact) mass is 292 g/mol. The number of nitrogens with zero attached hydrogens (tertiary/aromatic N) is 1. The van der Waals surface area contributed by atoms with Crippen molar-refractivity contribution in [3.63, 3.8) is 0 Å². The van der Waals surface area contributed by atoms with Crippen LogP contribution in [0, 0.1) is 5.41 Å². The molecule has 0 aromatic carbocycles. The number of ether oxygens (including phenoxy) is 1. The molecule has 0 saturated carbocycles. The highest BCUT2D eigenvalue weighted by atomic mass is 32.1. The Morgan fingerprint density at radius 1 is 1.45 bits per heavy atom. The van der Waals surface area contributed by atoms with Crippen LogP contribution in [-0.4, -0.2) is 25.2 Å². The summed E-state index contributed by atoms with van der Waals surface area (Å²) in [7, 11) is 1.76. The molecule has 20 heavy (non-hydrogen) atoms. The largest absolute Gasteiger partial charge is 0.385 e. The van der Waals surface area contributed by atoms with E-state index in [2.05, 4.69) is 48.6 Å². The maximum atomic E-state index is 5.17. The van der Waals surface area contributed by atoms with Gasteiger partial charge in [0.25, 0.3) is 0 Å². The number of aromatic nitrogens is 1. The molecule has 2 aromatic heterocycles. The Bertz CT molecular complexity index is 550. The molecule has 1 atom stereocenters. The number of nitrogens with one attached hydrogen (secondary N) is 1. The number of fused-ring (bicyclic) bond motifs is 1. The molecule has 0 spiro atoms. The average Bonchev–Trinajstić information content (AvgIpc) is 2.90. The van der Waals surface area contributed by atoms with Crippen molar-refractivity contribution in [1.29, 1.82) is 0 Å². The summed E-state index contributed by atoms with van der Waals surface area (Å²) < 4.78 is 6.43. The van der Waals surface area contributed by atoms with Gasteiger partial charge >= 0.3 is 0 Å². The van der Waals surface area contributed by atoms with E-state index < -0.39 is 0 Å². The zero-order valence-electron chi connectivity index (χ0n) is 12.8. The first-order valence-corrected chi connectivity index (χ1v) is 7.95. The summed E-state index contributed by atoms with van der Waals surface area (Å²) in [5, 5.41) is 5.70. The molecule has 2 heterocycles. The fourth-order valence-electron chi connectivity index (χ4n) is 2.11. The van der Waals surface area contributed by atoms with E-state index in [1.807, 2.05) is 6.20 Å². The number of hydrogen-bond donors (Lipinski definition) is 1. The van der Waals surface area contributed by atoms with Crippen LogP contribution in [0.5, 0.6) is 0 Å². The summed E-state index contributed by atoms with van der Waals surface area (Å²) in [4.78, 5) is 4.51. The molecule has 0 aliphatic heterocycles. The fourth-order valence-corrected chi connectivity index (χ4v) is 2.90. The minimum absolute atomic E-state index is 0.241. The Labute approximate surface area is 125 Å². The molecule has 0 bridgehead atoms. The quantitative estimate of drug-likeness (QED) is 0.837. The molecule has 2 aromatic rings. The van der Waals surface area contributed by atoms with Gasteiger partial charge in [0, 0.05) is 32.5 Å². The van der Waals surface area contributed by atoms with Gasteiger partial charge in [-0.05, 0) is 41.8 Å². The Hall–Kier alpha value is -0.970. The Balaban J connectivity index is 1.95. The van der Waals surface area contributed by atoms with Crippen LogP contribution in [0.1, 0.15) is 38.8 Å². The summed E-state index contributed by atoms with van der Waals surface area (Å²) in [5.41, 5.74) is 2.58. The topological polar surface area (TPSA) is 34.1 Å². The van der Waals surface area contributed by atoms with Gasteiger partial charge in [-0.15, -0.1) is 11.3 Å². The molecule has 0 amide bonds. The third-order valence-electron chi connectivity index (χ3n) is 3.69. The molecule has 3 nitrogen and oxygen atoms in total. The van der Waals surface area contributed by atoms with Crippen molar-refractivity contribution in [2.45, 2.75) is 33.2 Å². The highest BCUT2D eigenvalue weighted by Crippen LogP contribution is 2.24. The summed E-state index contributed by atoms with van der Waals surface area (Å²) in [6.07, 6.45) is 3.04. The Kier molecular flexibility index (Phi) is 5.13. The lowest BCUT2D eigenvalue weighted by molar-refractivity contribution is 0.149. The van der Waals surface area contributed by atoms with E-state index in [0.717, 1.165) is 25.1 Å². The molecule has 2 rings (SSSR count). The first-order chi connectivity index (χ1) is 9.52. The van der Waals surface area contributed by atoms with Gasteiger partial charge in [0.2, 0.25) is 0 Å². The second kappa shape index (κ2) is 6.66. The molecule has 0 aliphatic rings. The van der Waals surface area contributed by atoms with Gasteiger partial charge < -0.3 is 10.1 Å². The van der Waals surface area contributed by atoms with E-state index >= 15 is 0 Å². The molecular formula is C16H24N2OS. The Morgan fingerprint density at radius 2 is 2.25 bits per heavy atom. The van der Waals surface area contributed by atoms with Crippen molar-refractivity contribution in [3.05, 3.63) is 29.3 Å². The van der Waals surface area contributed by atoms with Gasteiger partial charge in [-0.3, -0.25) is 4.98 Å². The van der Waals surface area contributed by atoms with Crippen LogP contribution in [0.25, 0.3) is 10.2 Å². The van der Waals surface area contributed by atoms with Gasteiger partial charge in [0.15, 0.2) is 0 Å². The van der Waals surface area contributed by atoms with Crippen LogP contribution < -0.4 is 5.32 Å². The van der Waals surface area contributed by atoms with Crippen LogP contribution in [0.3, 0.4) is 0 Å². The van der Waals surface area contributed by atoms with E-state index in [9.17, 15) is 0 Å². The minimum Gasteiger partial charge on any atom is -0.385 e. The van der Waals surface area contributed by atoms with Gasteiger partial charge in [-0.2, -0.15) is 0 Å². The number of methoxy groups -OCH3 is 1. The minimum atomic E-state index is 0.241. The van der Waals surface area contributed by atoms with Gasteiger partial charge in [0.1, 0.15) is 0 Å². The Morgan fingerprint density at radius 3 is 3.00 bits per heavy atom. The molecular weight excluding hydrogens is 268 g/mol. The number of pyridine rings is 1. The molecule has 0 fully saturated rings. The predicted molar refractivity (Wildman–Crippen MR) is 86.3 cm³/mol. The summed E-state index contributed by atoms with van der Waals surface area (Å²) in [6.45, 7) is 8.52. The van der Waals surface area contributed by atoms with Gasteiger partial charge in [0.05, 0.1) is 10.2 Å². The third-order valence-corrected chi connectivity index (χ3v) is 4.55. The van der Waals surface area contributed by atoms with Crippen molar-refractivity contribution in [2.24, 2.45) is 5.41 Å². The van der Waals surface area contributed by atoms with Crippen molar-refractivity contribution in [1.82, 2.24) is 10.3 Å². The van der Waals surface area contributed by atoms with E-state index in [1.54, 1.807) is 18.4 Å². The highest BCUT2D eigenvalue weighted by Gasteiger charge is 2.18. The zero-order valence-corrected chi connectivity index (χ0v) is 13.6. The van der Waals surface area contributed by atoms with E-state index in [4.69, 9.17) is 4.74 Å². The lowest BCUT2D eigenvalue weighted by Crippen LogP contribution is -2.32. The van der Waals surface area contributed by atoms with Crippen molar-refractivity contribution < 1.29 is 4.74 Å². The second-order valence-corrected chi connectivity index (χ2v) is 7.03. The smallest absolute Gasteiger partial charge is 0.0809 e. The standard InChI is InChI=1S/C16H24N2OS/c1-12(18-11-16(2,3)6-7-19-4)13-9-15-14(17-10-13)5-8-20-15/h5,8-10,12,18H,6-7,11H2,1-4H3.